The van der Waals surface area contributed by atoms with Crippen molar-refractivity contribution in [1.82, 2.24) is 19.5 Å². The van der Waals surface area contributed by atoms with Gasteiger partial charge >= 0.3 is 0 Å². The highest BCUT2D eigenvalue weighted by Crippen LogP contribution is 2.37. The molecule has 2 aromatic carbocycles. The maximum atomic E-state index is 13.3. The number of nitrogens with zero attached hydrogens (tertiary/aromatic N) is 6. The van der Waals surface area contributed by atoms with Crippen LogP contribution in [0.1, 0.15) is 24.4 Å². The molecule has 1 fully saturated rings. The third-order valence-corrected chi connectivity index (χ3v) is 7.29. The van der Waals surface area contributed by atoms with Crippen LogP contribution >= 0.6 is 0 Å². The molecular formula is C28H34N6O5. The Morgan fingerprint density at radius 2 is 1.64 bits per heavy atom. The molecule has 4 aromatic rings. The molecule has 1 saturated heterocycles. The smallest absolute Gasteiger partial charge is 0.261 e. The molecule has 0 unspecified atom stereocenters. The minimum Gasteiger partial charge on any atom is -0.493 e. The average Bonchev–Trinajstić information content (AvgIpc) is 2.96. The van der Waals surface area contributed by atoms with Gasteiger partial charge in [-0.2, -0.15) is 4.98 Å². The number of benzene rings is 2. The van der Waals surface area contributed by atoms with E-state index in [0.717, 1.165) is 29.6 Å². The summed E-state index contributed by atoms with van der Waals surface area (Å²) in [6.45, 7) is 3.70. The first-order valence-corrected chi connectivity index (χ1v) is 13.1. The highest BCUT2D eigenvalue weighted by atomic mass is 16.5. The van der Waals surface area contributed by atoms with Gasteiger partial charge in [0.2, 0.25) is 5.95 Å². The Morgan fingerprint density at radius 1 is 0.949 bits per heavy atom. The van der Waals surface area contributed by atoms with Gasteiger partial charge in [0.15, 0.2) is 11.5 Å². The van der Waals surface area contributed by atoms with Crippen LogP contribution < -0.4 is 24.8 Å². The molecule has 0 amide bonds. The maximum Gasteiger partial charge on any atom is 0.261 e. The van der Waals surface area contributed by atoms with E-state index in [0.29, 0.717) is 47.0 Å². The van der Waals surface area contributed by atoms with E-state index < -0.39 is 0 Å². The lowest BCUT2D eigenvalue weighted by atomic mass is 10.0. The molecule has 2 N–H and O–H groups in total. The number of aryl methyl sites for hydroxylation is 1. The number of aliphatic hydroxyl groups is 2. The molecular weight excluding hydrogens is 500 g/mol. The first kappa shape index (κ1) is 26.6. The van der Waals surface area contributed by atoms with E-state index in [4.69, 9.17) is 19.4 Å². The van der Waals surface area contributed by atoms with E-state index in [1.165, 1.54) is 0 Å². The second-order valence-electron chi connectivity index (χ2n) is 9.70. The standard InChI is InChI=1S/C28H34N6O5/c1-18-4-5-22-21(14-18)27(37)34(17-29-22)19-6-8-32(9-7-19)26-20-15-24(38-2)25(39-3)16-23(20)30-28(31-26)33(10-12-35)11-13-36/h4-5,14-17,19,35-36H,6-13H2,1-3H3. The molecule has 0 spiro atoms. The summed E-state index contributed by atoms with van der Waals surface area (Å²) in [6.07, 6.45) is 3.14. The van der Waals surface area contributed by atoms with Gasteiger partial charge in [0.25, 0.3) is 5.56 Å². The van der Waals surface area contributed by atoms with Gasteiger partial charge in [-0.05, 0) is 38.0 Å². The Bertz CT molecular complexity index is 1530. The average molecular weight is 535 g/mol. The van der Waals surface area contributed by atoms with Crippen LogP contribution in [0.3, 0.4) is 0 Å². The summed E-state index contributed by atoms with van der Waals surface area (Å²) in [5, 5.41) is 20.6. The van der Waals surface area contributed by atoms with Gasteiger partial charge < -0.3 is 29.5 Å². The van der Waals surface area contributed by atoms with Gasteiger partial charge in [0.05, 0.1) is 50.2 Å². The molecule has 0 radical (unpaired) electrons. The van der Waals surface area contributed by atoms with Gasteiger partial charge in [-0.25, -0.2) is 9.97 Å². The lowest BCUT2D eigenvalue weighted by Gasteiger charge is -2.34. The highest BCUT2D eigenvalue weighted by Gasteiger charge is 2.26. The molecule has 39 heavy (non-hydrogen) atoms. The minimum absolute atomic E-state index is 0.0163. The normalized spacial score (nSPS) is 14.2. The first-order valence-electron chi connectivity index (χ1n) is 13.1. The van der Waals surface area contributed by atoms with E-state index in [2.05, 4.69) is 9.88 Å². The number of fused-ring (bicyclic) bond motifs is 2. The molecule has 11 nitrogen and oxygen atoms in total. The van der Waals surface area contributed by atoms with Crippen LogP contribution in [0, 0.1) is 6.92 Å². The van der Waals surface area contributed by atoms with E-state index in [1.807, 2.05) is 37.3 Å². The number of anilines is 2. The van der Waals surface area contributed by atoms with Crippen LogP contribution in [-0.4, -0.2) is 83.3 Å². The summed E-state index contributed by atoms with van der Waals surface area (Å²) in [5.41, 5.74) is 2.39. The second-order valence-corrected chi connectivity index (χ2v) is 9.70. The zero-order valence-electron chi connectivity index (χ0n) is 22.5. The minimum atomic E-state index is -0.0951. The zero-order chi connectivity index (χ0) is 27.5. The van der Waals surface area contributed by atoms with Crippen molar-refractivity contribution in [3.8, 4) is 11.5 Å². The summed E-state index contributed by atoms with van der Waals surface area (Å²) in [5.74, 6) is 2.27. The topological polar surface area (TPSA) is 126 Å². The molecule has 3 heterocycles. The molecule has 5 rings (SSSR count). The van der Waals surface area contributed by atoms with Crippen molar-refractivity contribution in [2.24, 2.45) is 0 Å². The summed E-state index contributed by atoms with van der Waals surface area (Å²) in [6, 6.07) is 9.46. The Kier molecular flexibility index (Phi) is 7.80. The summed E-state index contributed by atoms with van der Waals surface area (Å²) in [4.78, 5) is 31.4. The van der Waals surface area contributed by atoms with Crippen molar-refractivity contribution < 1.29 is 19.7 Å². The van der Waals surface area contributed by atoms with Crippen LogP contribution in [0.4, 0.5) is 11.8 Å². The number of piperidine rings is 1. The number of aromatic nitrogens is 4. The van der Waals surface area contributed by atoms with E-state index >= 15 is 0 Å². The molecule has 11 heteroatoms. The van der Waals surface area contributed by atoms with Gasteiger partial charge in [0, 0.05) is 43.7 Å². The third-order valence-electron chi connectivity index (χ3n) is 7.29. The zero-order valence-corrected chi connectivity index (χ0v) is 22.5. The van der Waals surface area contributed by atoms with E-state index in [1.54, 1.807) is 30.0 Å². The lowest BCUT2D eigenvalue weighted by molar-refractivity contribution is 0.280. The lowest BCUT2D eigenvalue weighted by Crippen LogP contribution is -2.38. The number of ether oxygens (including phenoxy) is 2. The van der Waals surface area contributed by atoms with E-state index in [-0.39, 0.29) is 37.9 Å². The maximum absolute atomic E-state index is 13.3. The number of hydrogen-bond donors (Lipinski definition) is 2. The summed E-state index contributed by atoms with van der Waals surface area (Å²) in [7, 11) is 3.16. The Hall–Kier alpha value is -3.96. The Labute approximate surface area is 226 Å². The number of methoxy groups -OCH3 is 2. The van der Waals surface area contributed by atoms with Crippen molar-refractivity contribution in [1.29, 1.82) is 0 Å². The predicted molar refractivity (Wildman–Crippen MR) is 150 cm³/mol. The fourth-order valence-electron chi connectivity index (χ4n) is 5.23. The molecule has 206 valence electrons. The fraction of sp³-hybridized carbons (Fsp3) is 0.429. The molecule has 1 aliphatic heterocycles. The quantitative estimate of drug-likeness (QED) is 0.330. The van der Waals surface area contributed by atoms with Gasteiger partial charge in [0.1, 0.15) is 5.82 Å². The summed E-state index contributed by atoms with van der Waals surface area (Å²) >= 11 is 0. The first-order chi connectivity index (χ1) is 19.0. The molecule has 0 saturated carbocycles. The Morgan fingerprint density at radius 3 is 2.31 bits per heavy atom. The molecule has 0 bridgehead atoms. The van der Waals surface area contributed by atoms with Crippen molar-refractivity contribution in [3.63, 3.8) is 0 Å². The SMILES string of the molecule is COc1cc2nc(N(CCO)CCO)nc(N3CCC(n4cnc5ccc(C)cc5c4=O)CC3)c2cc1OC. The van der Waals surface area contributed by atoms with Crippen LogP contribution in [0.2, 0.25) is 0 Å². The number of rotatable bonds is 9. The van der Waals surface area contributed by atoms with Crippen LogP contribution in [-0.2, 0) is 0 Å². The molecule has 0 atom stereocenters. The predicted octanol–water partition coefficient (Wildman–Crippen LogP) is 2.30. The monoisotopic (exact) mass is 534 g/mol. The largest absolute Gasteiger partial charge is 0.493 e. The second kappa shape index (κ2) is 11.4. The number of aliphatic hydroxyl groups excluding tert-OH is 2. The molecule has 1 aliphatic rings. The highest BCUT2D eigenvalue weighted by molar-refractivity contribution is 5.93. The van der Waals surface area contributed by atoms with Crippen LogP contribution in [0.5, 0.6) is 11.5 Å². The Balaban J connectivity index is 1.50. The van der Waals surface area contributed by atoms with Crippen LogP contribution in [0.15, 0.2) is 41.5 Å². The third kappa shape index (κ3) is 5.19. The van der Waals surface area contributed by atoms with Gasteiger partial charge in [-0.3, -0.25) is 9.36 Å². The molecule has 0 aliphatic carbocycles. The summed E-state index contributed by atoms with van der Waals surface area (Å²) < 4.78 is 12.8. The van der Waals surface area contributed by atoms with Crippen LogP contribution in [0.25, 0.3) is 21.8 Å². The van der Waals surface area contributed by atoms with Gasteiger partial charge in [-0.15, -0.1) is 0 Å². The van der Waals surface area contributed by atoms with Crippen molar-refractivity contribution >= 4 is 33.6 Å². The number of hydrogen-bond acceptors (Lipinski definition) is 10. The van der Waals surface area contributed by atoms with Gasteiger partial charge in [-0.1, -0.05) is 11.6 Å². The van der Waals surface area contributed by atoms with Crippen molar-refractivity contribution in [2.75, 3.05) is 63.4 Å². The van der Waals surface area contributed by atoms with Crippen molar-refractivity contribution in [2.45, 2.75) is 25.8 Å². The van der Waals surface area contributed by atoms with E-state index in [9.17, 15) is 15.0 Å². The fourth-order valence-corrected chi connectivity index (χ4v) is 5.23. The molecule has 2 aromatic heterocycles. The van der Waals surface area contributed by atoms with Crippen molar-refractivity contribution in [3.05, 3.63) is 52.6 Å².